The molecule has 0 amide bonds. The highest BCUT2D eigenvalue weighted by molar-refractivity contribution is 6.00. The van der Waals surface area contributed by atoms with Gasteiger partial charge in [-0.1, -0.05) is 32.9 Å². The van der Waals surface area contributed by atoms with Gasteiger partial charge in [0.05, 0.1) is 5.39 Å². The molecule has 2 heterocycles. The van der Waals surface area contributed by atoms with Gasteiger partial charge in [-0.25, -0.2) is 0 Å². The minimum atomic E-state index is 0.126. The Morgan fingerprint density at radius 3 is 2.39 bits per heavy atom. The quantitative estimate of drug-likeness (QED) is 0.547. The Bertz CT molecular complexity index is 732. The summed E-state index contributed by atoms with van der Waals surface area (Å²) in [6.45, 7) is 6.70. The van der Waals surface area contributed by atoms with E-state index in [0.29, 0.717) is 0 Å². The lowest BCUT2D eigenvalue weighted by atomic mass is 9.91. The smallest absolute Gasteiger partial charge is 0.259 e. The fourth-order valence-corrected chi connectivity index (χ4v) is 2.65. The number of aryl methyl sites for hydroxylation is 1. The fourth-order valence-electron chi connectivity index (χ4n) is 2.65. The first-order valence-corrected chi connectivity index (χ1v) is 6.29. The van der Waals surface area contributed by atoms with Crippen molar-refractivity contribution in [2.24, 2.45) is 7.05 Å². The van der Waals surface area contributed by atoms with Gasteiger partial charge in [0.15, 0.2) is 11.3 Å². The van der Waals surface area contributed by atoms with Crippen LogP contribution in [-0.4, -0.2) is 0 Å². The SMILES string of the molecule is C[n+]1c(C(C)(C)C)ccc2oc3ccccc3c21. The van der Waals surface area contributed by atoms with Crippen LogP contribution in [0.3, 0.4) is 0 Å². The Kier molecular flexibility index (Phi) is 2.24. The number of hydrogen-bond acceptors (Lipinski definition) is 1. The molecule has 0 fully saturated rings. The molecule has 0 aliphatic heterocycles. The third-order valence-corrected chi connectivity index (χ3v) is 3.45. The van der Waals surface area contributed by atoms with Crippen molar-refractivity contribution in [3.05, 3.63) is 42.1 Å². The van der Waals surface area contributed by atoms with Crippen LogP contribution in [0.4, 0.5) is 0 Å². The summed E-state index contributed by atoms with van der Waals surface area (Å²) in [7, 11) is 2.12. The van der Waals surface area contributed by atoms with Gasteiger partial charge in [-0.05, 0) is 18.2 Å². The minimum absolute atomic E-state index is 0.126. The first kappa shape index (κ1) is 11.3. The van der Waals surface area contributed by atoms with Gasteiger partial charge >= 0.3 is 0 Å². The van der Waals surface area contributed by atoms with E-state index in [2.05, 4.69) is 56.7 Å². The molecule has 2 heteroatoms. The molecule has 0 saturated carbocycles. The average Bonchev–Trinajstić information content (AvgIpc) is 2.66. The summed E-state index contributed by atoms with van der Waals surface area (Å²) in [4.78, 5) is 0. The summed E-state index contributed by atoms with van der Waals surface area (Å²) in [6.07, 6.45) is 0. The summed E-state index contributed by atoms with van der Waals surface area (Å²) in [5.41, 5.74) is 4.52. The molecule has 0 unspecified atom stereocenters. The molecule has 0 aliphatic rings. The van der Waals surface area contributed by atoms with E-state index in [9.17, 15) is 0 Å². The second kappa shape index (κ2) is 3.58. The van der Waals surface area contributed by atoms with Crippen LogP contribution in [0, 0.1) is 0 Å². The molecule has 0 N–H and O–H groups in total. The van der Waals surface area contributed by atoms with E-state index in [1.165, 1.54) is 16.6 Å². The summed E-state index contributed by atoms with van der Waals surface area (Å²) >= 11 is 0. The van der Waals surface area contributed by atoms with E-state index >= 15 is 0 Å². The summed E-state index contributed by atoms with van der Waals surface area (Å²) < 4.78 is 8.13. The van der Waals surface area contributed by atoms with Crippen LogP contribution in [0.2, 0.25) is 0 Å². The number of pyridine rings is 1. The monoisotopic (exact) mass is 240 g/mol. The molecule has 0 radical (unpaired) electrons. The maximum Gasteiger partial charge on any atom is 0.259 e. The highest BCUT2D eigenvalue weighted by atomic mass is 16.3. The van der Waals surface area contributed by atoms with Crippen molar-refractivity contribution < 1.29 is 8.98 Å². The summed E-state index contributed by atoms with van der Waals surface area (Å²) in [5, 5.41) is 1.18. The third-order valence-electron chi connectivity index (χ3n) is 3.45. The van der Waals surface area contributed by atoms with Crippen LogP contribution < -0.4 is 4.57 Å². The Hall–Kier alpha value is -1.83. The van der Waals surface area contributed by atoms with Gasteiger partial charge in [-0.15, -0.1) is 0 Å². The molecule has 2 aromatic heterocycles. The minimum Gasteiger partial charge on any atom is -0.449 e. The molecule has 3 rings (SSSR count). The van der Waals surface area contributed by atoms with E-state index in [-0.39, 0.29) is 5.41 Å². The molecule has 2 nitrogen and oxygen atoms in total. The van der Waals surface area contributed by atoms with E-state index in [0.717, 1.165) is 11.2 Å². The van der Waals surface area contributed by atoms with Gasteiger partial charge in [0.2, 0.25) is 0 Å². The normalized spacial score (nSPS) is 12.4. The van der Waals surface area contributed by atoms with E-state index in [1.54, 1.807) is 0 Å². The predicted molar refractivity (Wildman–Crippen MR) is 73.6 cm³/mol. The molecule has 0 atom stereocenters. The van der Waals surface area contributed by atoms with Crippen molar-refractivity contribution in [3.63, 3.8) is 0 Å². The van der Waals surface area contributed by atoms with E-state index in [4.69, 9.17) is 4.42 Å². The van der Waals surface area contributed by atoms with E-state index < -0.39 is 0 Å². The lowest BCUT2D eigenvalue weighted by Gasteiger charge is -2.15. The second-order valence-corrected chi connectivity index (χ2v) is 5.84. The van der Waals surface area contributed by atoms with Gasteiger partial charge in [0.1, 0.15) is 12.6 Å². The van der Waals surface area contributed by atoms with Gasteiger partial charge < -0.3 is 4.42 Å². The average molecular weight is 240 g/mol. The number of para-hydroxylation sites is 1. The number of nitrogens with zero attached hydrogens (tertiary/aromatic N) is 1. The molecule has 3 aromatic rings. The van der Waals surface area contributed by atoms with Crippen molar-refractivity contribution in [3.8, 4) is 0 Å². The lowest BCUT2D eigenvalue weighted by Crippen LogP contribution is -2.39. The standard InChI is InChI=1S/C16H18NO/c1-16(2,3)14-10-9-13-15(17(14)4)11-7-5-6-8-12(11)18-13/h5-10H,1-4H3/q+1. The molecule has 92 valence electrons. The zero-order valence-corrected chi connectivity index (χ0v) is 11.3. The highest BCUT2D eigenvalue weighted by Gasteiger charge is 2.27. The van der Waals surface area contributed by atoms with Gasteiger partial charge in [-0.3, -0.25) is 0 Å². The van der Waals surface area contributed by atoms with Gasteiger partial charge in [-0.2, -0.15) is 4.57 Å². The zero-order valence-electron chi connectivity index (χ0n) is 11.3. The Labute approximate surface area is 107 Å². The van der Waals surface area contributed by atoms with Crippen LogP contribution in [0.25, 0.3) is 22.1 Å². The maximum atomic E-state index is 5.88. The molecule has 1 aromatic carbocycles. The summed E-state index contributed by atoms with van der Waals surface area (Å²) in [6, 6.07) is 12.4. The van der Waals surface area contributed by atoms with Crippen molar-refractivity contribution in [1.82, 2.24) is 0 Å². The van der Waals surface area contributed by atoms with Crippen LogP contribution >= 0.6 is 0 Å². The molecule has 18 heavy (non-hydrogen) atoms. The van der Waals surface area contributed by atoms with Gasteiger partial charge in [0.25, 0.3) is 5.52 Å². The second-order valence-electron chi connectivity index (χ2n) is 5.84. The first-order valence-electron chi connectivity index (χ1n) is 6.29. The third kappa shape index (κ3) is 1.52. The molecular formula is C16H18NO+. The molecular weight excluding hydrogens is 222 g/mol. The summed E-state index contributed by atoms with van der Waals surface area (Å²) in [5.74, 6) is 0. The van der Waals surface area contributed by atoms with Crippen molar-refractivity contribution in [2.75, 3.05) is 0 Å². The van der Waals surface area contributed by atoms with Crippen LogP contribution in [0.15, 0.2) is 40.8 Å². The number of benzene rings is 1. The highest BCUT2D eigenvalue weighted by Crippen LogP contribution is 2.28. The molecule has 0 spiro atoms. The van der Waals surface area contributed by atoms with Crippen molar-refractivity contribution >= 4 is 22.1 Å². The van der Waals surface area contributed by atoms with Crippen molar-refractivity contribution in [2.45, 2.75) is 26.2 Å². The fraction of sp³-hybridized carbons (Fsp3) is 0.312. The number of furan rings is 1. The van der Waals surface area contributed by atoms with Crippen LogP contribution in [0.1, 0.15) is 26.5 Å². The zero-order chi connectivity index (χ0) is 12.9. The number of fused-ring (bicyclic) bond motifs is 3. The van der Waals surface area contributed by atoms with Crippen LogP contribution in [0.5, 0.6) is 0 Å². The number of aromatic nitrogens is 1. The topological polar surface area (TPSA) is 17.0 Å². The Morgan fingerprint density at radius 1 is 0.944 bits per heavy atom. The predicted octanol–water partition coefficient (Wildman–Crippen LogP) is 3.71. The number of rotatable bonds is 0. The Morgan fingerprint density at radius 2 is 1.67 bits per heavy atom. The molecule has 0 aliphatic carbocycles. The molecule has 0 saturated heterocycles. The Balaban J connectivity index is 2.47. The lowest BCUT2D eigenvalue weighted by molar-refractivity contribution is -0.655. The van der Waals surface area contributed by atoms with Crippen molar-refractivity contribution in [1.29, 1.82) is 0 Å². The number of hydrogen-bond donors (Lipinski definition) is 0. The van der Waals surface area contributed by atoms with E-state index in [1.807, 2.05) is 12.1 Å². The van der Waals surface area contributed by atoms with Crippen LogP contribution in [-0.2, 0) is 12.5 Å². The first-order chi connectivity index (χ1) is 8.48. The largest absolute Gasteiger partial charge is 0.449 e. The maximum absolute atomic E-state index is 5.88. The molecule has 0 bridgehead atoms. The van der Waals surface area contributed by atoms with Gasteiger partial charge in [0, 0.05) is 11.5 Å².